The monoisotopic (exact) mass is 295 g/mol. The van der Waals surface area contributed by atoms with Gasteiger partial charge in [-0.3, -0.25) is 19.7 Å². The van der Waals surface area contributed by atoms with Crippen LogP contribution in [-0.4, -0.2) is 30.7 Å². The molecule has 1 aliphatic rings. The summed E-state index contributed by atoms with van der Waals surface area (Å²) < 4.78 is 9.84. The zero-order valence-electron chi connectivity index (χ0n) is 12.4. The van der Waals surface area contributed by atoms with Crippen LogP contribution >= 0.6 is 0 Å². The molecule has 0 atom stereocenters. The average Bonchev–Trinajstić information content (AvgIpc) is 2.45. The number of allylic oxidation sites excluding steroid dienone is 4. The largest absolute Gasteiger partial charge is 0.489 e. The molecule has 0 aliphatic heterocycles. The molecule has 0 aromatic rings. The lowest BCUT2D eigenvalue weighted by molar-refractivity contribution is -0.427. The van der Waals surface area contributed by atoms with E-state index < -0.39 is 16.5 Å². The van der Waals surface area contributed by atoms with E-state index >= 15 is 0 Å². The summed E-state index contributed by atoms with van der Waals surface area (Å²) in [6.07, 6.45) is 1.58. The summed E-state index contributed by atoms with van der Waals surface area (Å²) in [6.45, 7) is 3.14. The third kappa shape index (κ3) is 3.18. The molecule has 0 unspecified atom stereocenters. The second-order valence-electron chi connectivity index (χ2n) is 4.34. The van der Waals surface area contributed by atoms with E-state index in [9.17, 15) is 19.7 Å². The maximum absolute atomic E-state index is 12.3. The third-order valence-electron chi connectivity index (χ3n) is 3.23. The Morgan fingerprint density at radius 2 is 1.71 bits per heavy atom. The molecule has 1 aliphatic carbocycles. The van der Waals surface area contributed by atoms with Gasteiger partial charge in [0.2, 0.25) is 28.8 Å². The molecule has 7 nitrogen and oxygen atoms in total. The molecule has 0 bridgehead atoms. The van der Waals surface area contributed by atoms with Gasteiger partial charge in [-0.15, -0.1) is 0 Å². The van der Waals surface area contributed by atoms with Crippen molar-refractivity contribution in [2.45, 2.75) is 26.7 Å². The minimum Gasteiger partial charge on any atom is -0.489 e. The number of ether oxygens (including phenoxy) is 2. The number of nitrogens with zero attached hydrogens (tertiary/aromatic N) is 1. The molecular formula is C14H17NO6. The number of methoxy groups -OCH3 is 2. The number of hydrogen-bond donors (Lipinski definition) is 0. The molecular weight excluding hydrogens is 278 g/mol. The Kier molecular flexibility index (Phi) is 5.40. The Labute approximate surface area is 122 Å². The van der Waals surface area contributed by atoms with Crippen LogP contribution in [0.3, 0.4) is 0 Å². The van der Waals surface area contributed by atoms with Crippen molar-refractivity contribution < 1.29 is 24.0 Å². The second-order valence-corrected chi connectivity index (χ2v) is 4.34. The molecule has 0 aromatic carbocycles. The average molecular weight is 295 g/mol. The van der Waals surface area contributed by atoms with Crippen LogP contribution in [0.2, 0.25) is 0 Å². The first-order valence-electron chi connectivity index (χ1n) is 6.33. The van der Waals surface area contributed by atoms with Gasteiger partial charge in [-0.05, 0) is 13.0 Å². The SMILES string of the molecule is CC/C(=C\CC1=C(C)C(=O)C(OC)=C(OC)C1=O)[N+](=O)[O-]. The highest BCUT2D eigenvalue weighted by Crippen LogP contribution is 2.28. The van der Waals surface area contributed by atoms with Gasteiger partial charge in [-0.1, -0.05) is 6.92 Å². The molecule has 21 heavy (non-hydrogen) atoms. The first-order chi connectivity index (χ1) is 9.88. The molecule has 0 saturated heterocycles. The first-order valence-corrected chi connectivity index (χ1v) is 6.33. The molecule has 0 heterocycles. The quantitative estimate of drug-likeness (QED) is 0.422. The molecule has 114 valence electrons. The standard InChI is InChI=1S/C14H17NO6/c1-5-9(15(18)19)6-7-10-8(2)11(16)13(20-3)14(21-4)12(10)17/h6H,5,7H2,1-4H3/b9-6+. The number of hydrogen-bond acceptors (Lipinski definition) is 6. The molecule has 0 aromatic heterocycles. The summed E-state index contributed by atoms with van der Waals surface area (Å²) in [7, 11) is 2.54. The summed E-state index contributed by atoms with van der Waals surface area (Å²) in [5, 5.41) is 10.8. The number of rotatable bonds is 6. The smallest absolute Gasteiger partial charge is 0.242 e. The van der Waals surface area contributed by atoms with Crippen molar-refractivity contribution in [3.8, 4) is 0 Å². The van der Waals surface area contributed by atoms with Crippen LogP contribution in [-0.2, 0) is 19.1 Å². The van der Waals surface area contributed by atoms with Crippen molar-refractivity contribution in [1.82, 2.24) is 0 Å². The molecule has 7 heteroatoms. The van der Waals surface area contributed by atoms with Crippen molar-refractivity contribution in [2.24, 2.45) is 0 Å². The Morgan fingerprint density at radius 3 is 2.14 bits per heavy atom. The van der Waals surface area contributed by atoms with Gasteiger partial charge in [0.25, 0.3) is 0 Å². The van der Waals surface area contributed by atoms with E-state index in [1.165, 1.54) is 27.2 Å². The van der Waals surface area contributed by atoms with Crippen molar-refractivity contribution in [3.63, 3.8) is 0 Å². The minimum absolute atomic E-state index is 0.00367. The van der Waals surface area contributed by atoms with E-state index in [1.807, 2.05) is 0 Å². The first kappa shape index (κ1) is 16.6. The van der Waals surface area contributed by atoms with E-state index in [2.05, 4.69) is 0 Å². The summed E-state index contributed by atoms with van der Waals surface area (Å²) in [6, 6.07) is 0. The fourth-order valence-corrected chi connectivity index (χ4v) is 2.01. The molecule has 0 fully saturated rings. The topological polar surface area (TPSA) is 95.7 Å². The van der Waals surface area contributed by atoms with Gasteiger partial charge in [-0.2, -0.15) is 0 Å². The predicted octanol–water partition coefficient (Wildman–Crippen LogP) is 1.92. The van der Waals surface area contributed by atoms with Crippen LogP contribution in [0.4, 0.5) is 0 Å². The summed E-state index contributed by atoms with van der Waals surface area (Å²) >= 11 is 0. The highest BCUT2D eigenvalue weighted by molar-refractivity contribution is 6.23. The molecule has 0 saturated carbocycles. The fourth-order valence-electron chi connectivity index (χ4n) is 2.01. The highest BCUT2D eigenvalue weighted by atomic mass is 16.6. The highest BCUT2D eigenvalue weighted by Gasteiger charge is 2.34. The van der Waals surface area contributed by atoms with Crippen LogP contribution in [0.15, 0.2) is 34.4 Å². The molecule has 1 rings (SSSR count). The number of carbonyl (C=O) groups excluding carboxylic acids is 2. The summed E-state index contributed by atoms with van der Waals surface area (Å²) in [5.74, 6) is -1.24. The van der Waals surface area contributed by atoms with Gasteiger partial charge in [-0.25, -0.2) is 0 Å². The van der Waals surface area contributed by atoms with Gasteiger partial charge >= 0.3 is 0 Å². The summed E-state index contributed by atoms with van der Waals surface area (Å²) in [5.41, 5.74) is 0.397. The Balaban J connectivity index is 3.20. The third-order valence-corrected chi connectivity index (χ3v) is 3.23. The lowest BCUT2D eigenvalue weighted by atomic mass is 9.91. The van der Waals surface area contributed by atoms with Gasteiger partial charge in [0.1, 0.15) is 0 Å². The lowest BCUT2D eigenvalue weighted by Gasteiger charge is -2.19. The van der Waals surface area contributed by atoms with Crippen molar-refractivity contribution in [2.75, 3.05) is 14.2 Å². The number of nitro groups is 1. The van der Waals surface area contributed by atoms with E-state index in [-0.39, 0.29) is 41.2 Å². The van der Waals surface area contributed by atoms with Crippen molar-refractivity contribution in [1.29, 1.82) is 0 Å². The molecule has 0 amide bonds. The van der Waals surface area contributed by atoms with E-state index in [0.29, 0.717) is 0 Å². The van der Waals surface area contributed by atoms with E-state index in [4.69, 9.17) is 9.47 Å². The molecule has 0 N–H and O–H groups in total. The Morgan fingerprint density at radius 1 is 1.19 bits per heavy atom. The number of Topliss-reactive ketones (excluding diaryl/α,β-unsaturated/α-hetero) is 2. The number of carbonyl (C=O) groups is 2. The van der Waals surface area contributed by atoms with Gasteiger partial charge in [0.15, 0.2) is 0 Å². The van der Waals surface area contributed by atoms with E-state index in [0.717, 1.165) is 0 Å². The maximum Gasteiger partial charge on any atom is 0.242 e. The van der Waals surface area contributed by atoms with Crippen LogP contribution in [0, 0.1) is 10.1 Å². The Hall–Kier alpha value is -2.44. The van der Waals surface area contributed by atoms with Crippen molar-refractivity contribution >= 4 is 11.6 Å². The van der Waals surface area contributed by atoms with Crippen LogP contribution in [0.25, 0.3) is 0 Å². The second kappa shape index (κ2) is 6.83. The fraction of sp³-hybridized carbons (Fsp3) is 0.429. The predicted molar refractivity (Wildman–Crippen MR) is 73.7 cm³/mol. The van der Waals surface area contributed by atoms with Gasteiger partial charge in [0.05, 0.1) is 19.1 Å². The van der Waals surface area contributed by atoms with Crippen molar-refractivity contribution in [3.05, 3.63) is 44.6 Å². The molecule has 0 spiro atoms. The Bertz CT molecular complexity index is 582. The van der Waals surface area contributed by atoms with E-state index in [1.54, 1.807) is 6.92 Å². The summed E-state index contributed by atoms with van der Waals surface area (Å²) in [4.78, 5) is 34.6. The van der Waals surface area contributed by atoms with Gasteiger partial charge < -0.3 is 9.47 Å². The number of ketones is 2. The zero-order chi connectivity index (χ0) is 16.2. The van der Waals surface area contributed by atoms with Crippen LogP contribution in [0.1, 0.15) is 26.7 Å². The molecule has 0 radical (unpaired) electrons. The van der Waals surface area contributed by atoms with Gasteiger partial charge in [0, 0.05) is 24.0 Å². The zero-order valence-corrected chi connectivity index (χ0v) is 12.4. The van der Waals surface area contributed by atoms with Crippen LogP contribution in [0.5, 0.6) is 0 Å². The van der Waals surface area contributed by atoms with Crippen LogP contribution < -0.4 is 0 Å². The normalized spacial score (nSPS) is 16.5. The maximum atomic E-state index is 12.3. The lowest BCUT2D eigenvalue weighted by Crippen LogP contribution is -2.24. The minimum atomic E-state index is -0.501.